The molecule has 0 spiro atoms. The zero-order valence-corrected chi connectivity index (χ0v) is 5.63. The molecule has 1 fully saturated rings. The molecule has 2 N–H and O–H groups in total. The van der Waals surface area contributed by atoms with E-state index in [1.54, 1.807) is 0 Å². The van der Waals surface area contributed by atoms with Gasteiger partial charge in [0.05, 0.1) is 0 Å². The van der Waals surface area contributed by atoms with E-state index in [4.69, 9.17) is 10.5 Å². The van der Waals surface area contributed by atoms with E-state index in [1.807, 2.05) is 13.8 Å². The first-order chi connectivity index (χ1) is 4.13. The smallest absolute Gasteiger partial charge is 0.323 e. The zero-order valence-electron chi connectivity index (χ0n) is 5.63. The second-order valence-electron chi connectivity index (χ2n) is 2.53. The fourth-order valence-corrected chi connectivity index (χ4v) is 0.876. The molecule has 3 nitrogen and oxygen atoms in total. The minimum atomic E-state index is -0.403. The van der Waals surface area contributed by atoms with Crippen LogP contribution in [0.3, 0.4) is 0 Å². The predicted octanol–water partition coefficient (Wildman–Crippen LogP) is 0.531. The Kier molecular flexibility index (Phi) is 2.84. The summed E-state index contributed by atoms with van der Waals surface area (Å²) in [6.07, 6.45) is -0.00694. The van der Waals surface area contributed by atoms with Crippen molar-refractivity contribution >= 4 is 5.97 Å². The van der Waals surface area contributed by atoms with Crippen molar-refractivity contribution in [3.05, 3.63) is 0 Å². The lowest BCUT2D eigenvalue weighted by Gasteiger charge is -2.06. The fraction of sp³-hybridized carbons (Fsp3) is 0.857. The molecular weight excluding hydrogens is 130 g/mol. The van der Waals surface area contributed by atoms with E-state index in [-0.39, 0.29) is 25.4 Å². The van der Waals surface area contributed by atoms with Crippen LogP contribution in [0.4, 0.5) is 0 Å². The highest BCUT2D eigenvalue weighted by Gasteiger charge is 2.36. The molecule has 1 heterocycles. The third-order valence-corrected chi connectivity index (χ3v) is 1.88. The molecule has 0 bridgehead atoms. The maximum atomic E-state index is 10.6. The Hall–Kier alpha value is -0.570. The first-order valence-corrected chi connectivity index (χ1v) is 3.09. The Labute approximate surface area is 61.5 Å². The van der Waals surface area contributed by atoms with Crippen LogP contribution >= 0.6 is 0 Å². The van der Waals surface area contributed by atoms with Gasteiger partial charge in [0, 0.05) is 5.92 Å². The first kappa shape index (κ1) is 9.43. The van der Waals surface area contributed by atoms with Gasteiger partial charge in [-0.05, 0) is 6.92 Å². The van der Waals surface area contributed by atoms with E-state index >= 15 is 0 Å². The largest absolute Gasteiger partial charge is 0.461 e. The normalized spacial score (nSPS) is 38.7. The van der Waals surface area contributed by atoms with Crippen molar-refractivity contribution < 1.29 is 9.53 Å². The summed E-state index contributed by atoms with van der Waals surface area (Å²) in [5, 5.41) is 0. The van der Waals surface area contributed by atoms with Crippen molar-refractivity contribution in [3.8, 4) is 0 Å². The molecule has 1 aliphatic rings. The van der Waals surface area contributed by atoms with E-state index in [2.05, 4.69) is 0 Å². The molecule has 3 atom stereocenters. The number of cyclic esters (lactones) is 1. The van der Waals surface area contributed by atoms with Crippen LogP contribution in [0, 0.1) is 5.92 Å². The lowest BCUT2D eigenvalue weighted by atomic mass is 10.0. The number of carbonyl (C=O) groups excluding carboxylic acids is 1. The van der Waals surface area contributed by atoms with Gasteiger partial charge in [-0.1, -0.05) is 14.4 Å². The summed E-state index contributed by atoms with van der Waals surface area (Å²) in [4.78, 5) is 10.6. The van der Waals surface area contributed by atoms with Crippen molar-refractivity contribution in [2.45, 2.75) is 33.4 Å². The molecule has 1 saturated heterocycles. The van der Waals surface area contributed by atoms with Crippen molar-refractivity contribution in [1.29, 1.82) is 0 Å². The quantitative estimate of drug-likeness (QED) is 0.506. The van der Waals surface area contributed by atoms with Gasteiger partial charge in [0.25, 0.3) is 0 Å². The van der Waals surface area contributed by atoms with Crippen LogP contribution in [0.2, 0.25) is 0 Å². The molecular formula is C7H15NO2. The molecule has 0 radical (unpaired) electrons. The van der Waals surface area contributed by atoms with Crippen molar-refractivity contribution in [3.63, 3.8) is 0 Å². The Balaban J connectivity index is 0.000000810. The van der Waals surface area contributed by atoms with Crippen LogP contribution in [-0.2, 0) is 9.53 Å². The Morgan fingerprint density at radius 3 is 2.10 bits per heavy atom. The van der Waals surface area contributed by atoms with Crippen molar-refractivity contribution in [1.82, 2.24) is 0 Å². The molecule has 10 heavy (non-hydrogen) atoms. The summed E-state index contributed by atoms with van der Waals surface area (Å²) in [5.74, 6) is -0.104. The molecule has 0 saturated carbocycles. The summed E-state index contributed by atoms with van der Waals surface area (Å²) >= 11 is 0. The molecule has 3 heteroatoms. The molecule has 0 amide bonds. The summed E-state index contributed by atoms with van der Waals surface area (Å²) in [6.45, 7) is 3.77. The molecule has 1 rings (SSSR count). The maximum absolute atomic E-state index is 10.6. The second-order valence-corrected chi connectivity index (χ2v) is 2.53. The number of hydrogen-bond acceptors (Lipinski definition) is 3. The zero-order chi connectivity index (χ0) is 7.02. The van der Waals surface area contributed by atoms with Crippen LogP contribution in [0.5, 0.6) is 0 Å². The summed E-state index contributed by atoms with van der Waals surface area (Å²) in [6, 6.07) is -0.403. The monoisotopic (exact) mass is 145 g/mol. The average molecular weight is 145 g/mol. The van der Waals surface area contributed by atoms with Gasteiger partial charge in [0.2, 0.25) is 0 Å². The molecule has 1 aliphatic heterocycles. The summed E-state index contributed by atoms with van der Waals surface area (Å²) < 4.78 is 4.82. The number of carbonyl (C=O) groups is 1. The summed E-state index contributed by atoms with van der Waals surface area (Å²) in [5.41, 5.74) is 5.44. The topological polar surface area (TPSA) is 52.3 Å². The van der Waals surface area contributed by atoms with Gasteiger partial charge in [-0.2, -0.15) is 0 Å². The molecule has 0 aliphatic carbocycles. The minimum absolute atomic E-state index is 0. The molecule has 0 aromatic rings. The number of rotatable bonds is 0. The van der Waals surface area contributed by atoms with E-state index < -0.39 is 6.04 Å². The fourth-order valence-electron chi connectivity index (χ4n) is 0.876. The number of esters is 1. The standard InChI is InChI=1S/C6H11NO2.CH4/c1-3-4(2)9-6(8)5(3)7;/h3-5H,7H2,1-2H3;1H4/t3-,4+,5+;/m1./s1. The second kappa shape index (κ2) is 3.01. The van der Waals surface area contributed by atoms with Gasteiger partial charge in [-0.15, -0.1) is 0 Å². The van der Waals surface area contributed by atoms with Crippen molar-refractivity contribution in [2.75, 3.05) is 0 Å². The highest BCUT2D eigenvalue weighted by atomic mass is 16.6. The third-order valence-electron chi connectivity index (χ3n) is 1.88. The van der Waals surface area contributed by atoms with E-state index in [0.29, 0.717) is 0 Å². The molecule has 0 unspecified atom stereocenters. The Bertz CT molecular complexity index is 136. The van der Waals surface area contributed by atoms with Crippen LogP contribution in [0.15, 0.2) is 0 Å². The first-order valence-electron chi connectivity index (χ1n) is 3.09. The average Bonchev–Trinajstić information content (AvgIpc) is 1.98. The number of ether oxygens (including phenoxy) is 1. The highest BCUT2D eigenvalue weighted by Crippen LogP contribution is 2.19. The van der Waals surface area contributed by atoms with Crippen LogP contribution in [0.1, 0.15) is 21.3 Å². The Morgan fingerprint density at radius 2 is 2.00 bits per heavy atom. The third kappa shape index (κ3) is 1.29. The van der Waals surface area contributed by atoms with Gasteiger partial charge in [0.1, 0.15) is 12.1 Å². The lowest BCUT2D eigenvalue weighted by Crippen LogP contribution is -2.31. The van der Waals surface area contributed by atoms with Gasteiger partial charge in [-0.3, -0.25) is 4.79 Å². The van der Waals surface area contributed by atoms with Gasteiger partial charge in [0.15, 0.2) is 0 Å². The minimum Gasteiger partial charge on any atom is -0.461 e. The molecule has 60 valence electrons. The maximum Gasteiger partial charge on any atom is 0.323 e. The molecule has 0 aromatic heterocycles. The van der Waals surface area contributed by atoms with Crippen LogP contribution in [0.25, 0.3) is 0 Å². The van der Waals surface area contributed by atoms with Crippen LogP contribution in [-0.4, -0.2) is 18.1 Å². The summed E-state index contributed by atoms with van der Waals surface area (Å²) in [7, 11) is 0. The Morgan fingerprint density at radius 1 is 1.50 bits per heavy atom. The predicted molar refractivity (Wildman–Crippen MR) is 39.4 cm³/mol. The SMILES string of the molecule is C.C[C@@H]1[C@H](C)OC(=O)[C@H]1N. The van der Waals surface area contributed by atoms with Gasteiger partial charge < -0.3 is 10.5 Å². The molecule has 0 aromatic carbocycles. The highest BCUT2D eigenvalue weighted by molar-refractivity contribution is 5.78. The van der Waals surface area contributed by atoms with Crippen molar-refractivity contribution in [2.24, 2.45) is 11.7 Å². The van der Waals surface area contributed by atoms with Gasteiger partial charge in [-0.25, -0.2) is 0 Å². The number of nitrogens with two attached hydrogens (primary N) is 1. The van der Waals surface area contributed by atoms with E-state index in [9.17, 15) is 4.79 Å². The van der Waals surface area contributed by atoms with Gasteiger partial charge >= 0.3 is 5.97 Å². The number of hydrogen-bond donors (Lipinski definition) is 1. The lowest BCUT2D eigenvalue weighted by molar-refractivity contribution is -0.141. The van der Waals surface area contributed by atoms with E-state index in [0.717, 1.165) is 0 Å². The van der Waals surface area contributed by atoms with Crippen LogP contribution < -0.4 is 5.73 Å². The van der Waals surface area contributed by atoms with E-state index in [1.165, 1.54) is 0 Å².